The molecule has 9 heteroatoms. The molecule has 1 aromatic carbocycles. The molecular formula is C12H12ClF3N2O3. The van der Waals surface area contributed by atoms with Crippen LogP contribution in [0.2, 0.25) is 5.02 Å². The van der Waals surface area contributed by atoms with Crippen LogP contribution in [0.3, 0.4) is 0 Å². The Morgan fingerprint density at radius 3 is 2.29 bits per heavy atom. The van der Waals surface area contributed by atoms with Crippen LogP contribution in [0.25, 0.3) is 0 Å². The summed E-state index contributed by atoms with van der Waals surface area (Å²) in [6, 6.07) is 1.88. The second-order valence-corrected chi connectivity index (χ2v) is 5.11. The zero-order valence-electron chi connectivity index (χ0n) is 11.0. The van der Waals surface area contributed by atoms with Gasteiger partial charge in [0.15, 0.2) is 0 Å². The SMILES string of the molecule is CC(C)(NC(=O)Nc1ccc(Cl)c(C(F)(F)F)c1)C(=O)O. The number of nitrogens with one attached hydrogen (secondary N) is 2. The van der Waals surface area contributed by atoms with E-state index in [-0.39, 0.29) is 5.69 Å². The molecule has 0 radical (unpaired) electrons. The molecule has 0 aliphatic rings. The molecule has 0 unspecified atom stereocenters. The molecule has 0 fully saturated rings. The van der Waals surface area contributed by atoms with Crippen LogP contribution >= 0.6 is 11.6 Å². The summed E-state index contributed by atoms with van der Waals surface area (Å²) < 4.78 is 38.0. The summed E-state index contributed by atoms with van der Waals surface area (Å²) in [6.45, 7) is 2.47. The summed E-state index contributed by atoms with van der Waals surface area (Å²) in [7, 11) is 0. The third-order valence-electron chi connectivity index (χ3n) is 2.49. The van der Waals surface area contributed by atoms with Crippen LogP contribution in [0.15, 0.2) is 18.2 Å². The Bertz CT molecular complexity index is 573. The molecule has 0 spiro atoms. The first kappa shape index (κ1) is 17.1. The summed E-state index contributed by atoms with van der Waals surface area (Å²) in [6.07, 6.45) is -4.66. The Morgan fingerprint density at radius 1 is 1.24 bits per heavy atom. The van der Waals surface area contributed by atoms with Crippen molar-refractivity contribution < 1.29 is 27.9 Å². The van der Waals surface area contributed by atoms with E-state index in [1.54, 1.807) is 0 Å². The highest BCUT2D eigenvalue weighted by molar-refractivity contribution is 6.31. The van der Waals surface area contributed by atoms with Gasteiger partial charge in [0.05, 0.1) is 10.6 Å². The third-order valence-corrected chi connectivity index (χ3v) is 2.82. The number of aliphatic carboxylic acids is 1. The Hall–Kier alpha value is -1.96. The molecule has 0 atom stereocenters. The Balaban J connectivity index is 2.90. The van der Waals surface area contributed by atoms with Crippen molar-refractivity contribution in [3.63, 3.8) is 0 Å². The van der Waals surface area contributed by atoms with Crippen LogP contribution in [0.4, 0.5) is 23.7 Å². The molecule has 1 aromatic rings. The van der Waals surface area contributed by atoms with Gasteiger partial charge < -0.3 is 15.7 Å². The standard InChI is InChI=1S/C12H12ClF3N2O3/c1-11(2,9(19)20)18-10(21)17-6-3-4-8(13)7(5-6)12(14,15)16/h3-5H,1-2H3,(H,19,20)(H2,17,18,21). The second kappa shape index (κ2) is 5.80. The molecule has 2 amide bonds. The molecular weight excluding hydrogens is 313 g/mol. The average Bonchev–Trinajstić information content (AvgIpc) is 2.29. The number of hydrogen-bond donors (Lipinski definition) is 3. The van der Waals surface area contributed by atoms with Gasteiger partial charge in [-0.2, -0.15) is 13.2 Å². The van der Waals surface area contributed by atoms with Crippen molar-refractivity contribution >= 4 is 29.3 Å². The van der Waals surface area contributed by atoms with Gasteiger partial charge in [0.2, 0.25) is 0 Å². The molecule has 116 valence electrons. The van der Waals surface area contributed by atoms with Crippen LogP contribution in [0.5, 0.6) is 0 Å². The van der Waals surface area contributed by atoms with E-state index in [0.29, 0.717) is 6.07 Å². The number of rotatable bonds is 3. The molecule has 0 bridgehead atoms. The third kappa shape index (κ3) is 4.52. The van der Waals surface area contributed by atoms with Gasteiger partial charge in [0, 0.05) is 5.69 Å². The highest BCUT2D eigenvalue weighted by Gasteiger charge is 2.34. The van der Waals surface area contributed by atoms with E-state index in [9.17, 15) is 22.8 Å². The highest BCUT2D eigenvalue weighted by Crippen LogP contribution is 2.36. The molecule has 5 nitrogen and oxygen atoms in total. The molecule has 0 heterocycles. The van der Waals surface area contributed by atoms with Gasteiger partial charge in [0.1, 0.15) is 5.54 Å². The zero-order valence-corrected chi connectivity index (χ0v) is 11.8. The number of carboxylic acid groups (broad SMARTS) is 1. The minimum Gasteiger partial charge on any atom is -0.480 e. The van der Waals surface area contributed by atoms with Gasteiger partial charge in [0.25, 0.3) is 0 Å². The molecule has 21 heavy (non-hydrogen) atoms. The predicted octanol–water partition coefficient (Wildman–Crippen LogP) is 3.34. The van der Waals surface area contributed by atoms with Crippen LogP contribution in [0.1, 0.15) is 19.4 Å². The number of carboxylic acids is 1. The van der Waals surface area contributed by atoms with Gasteiger partial charge in [-0.3, -0.25) is 0 Å². The number of hydrogen-bond acceptors (Lipinski definition) is 2. The van der Waals surface area contributed by atoms with Crippen molar-refractivity contribution in [2.24, 2.45) is 0 Å². The molecule has 0 saturated carbocycles. The first-order chi connectivity index (χ1) is 9.43. The number of anilines is 1. The van der Waals surface area contributed by atoms with Crippen molar-refractivity contribution in [2.45, 2.75) is 25.6 Å². The van der Waals surface area contributed by atoms with Crippen molar-refractivity contribution in [1.29, 1.82) is 0 Å². The number of urea groups is 1. The van der Waals surface area contributed by atoms with E-state index in [2.05, 4.69) is 10.6 Å². The molecule has 0 aromatic heterocycles. The van der Waals surface area contributed by atoms with E-state index in [1.165, 1.54) is 19.9 Å². The Labute approximate surface area is 123 Å². The number of halogens is 4. The summed E-state index contributed by atoms with van der Waals surface area (Å²) in [5.74, 6) is -1.29. The molecule has 0 aliphatic carbocycles. The Morgan fingerprint density at radius 2 is 1.81 bits per heavy atom. The fourth-order valence-electron chi connectivity index (χ4n) is 1.32. The zero-order chi connectivity index (χ0) is 16.4. The maximum Gasteiger partial charge on any atom is 0.417 e. The van der Waals surface area contributed by atoms with E-state index in [4.69, 9.17) is 16.7 Å². The monoisotopic (exact) mass is 324 g/mol. The van der Waals surface area contributed by atoms with Gasteiger partial charge in [-0.1, -0.05) is 11.6 Å². The molecule has 1 rings (SSSR count). The topological polar surface area (TPSA) is 78.4 Å². The second-order valence-electron chi connectivity index (χ2n) is 4.70. The molecule has 0 saturated heterocycles. The molecule has 0 aliphatic heterocycles. The average molecular weight is 325 g/mol. The van der Waals surface area contributed by atoms with Crippen LogP contribution in [0, 0.1) is 0 Å². The highest BCUT2D eigenvalue weighted by atomic mass is 35.5. The minimum absolute atomic E-state index is 0.162. The van der Waals surface area contributed by atoms with E-state index in [0.717, 1.165) is 6.07 Å². The summed E-state index contributed by atoms with van der Waals surface area (Å²) >= 11 is 5.44. The number of carbonyl (C=O) groups excluding carboxylic acids is 1. The van der Waals surface area contributed by atoms with E-state index < -0.39 is 34.3 Å². The number of carbonyl (C=O) groups is 2. The normalized spacial score (nSPS) is 11.9. The lowest BCUT2D eigenvalue weighted by Gasteiger charge is -2.21. The van der Waals surface area contributed by atoms with Gasteiger partial charge in [-0.25, -0.2) is 9.59 Å². The van der Waals surface area contributed by atoms with Gasteiger partial charge in [-0.15, -0.1) is 0 Å². The van der Waals surface area contributed by atoms with Crippen molar-refractivity contribution in [3.8, 4) is 0 Å². The Kier molecular flexibility index (Phi) is 4.72. The quantitative estimate of drug-likeness (QED) is 0.798. The van der Waals surface area contributed by atoms with Crippen LogP contribution in [-0.4, -0.2) is 22.6 Å². The maximum atomic E-state index is 12.7. The van der Waals surface area contributed by atoms with Crippen LogP contribution < -0.4 is 10.6 Å². The summed E-state index contributed by atoms with van der Waals surface area (Å²) in [5.41, 5.74) is -2.83. The minimum atomic E-state index is -4.66. The lowest BCUT2D eigenvalue weighted by Crippen LogP contribution is -2.51. The van der Waals surface area contributed by atoms with Gasteiger partial charge in [-0.05, 0) is 32.0 Å². The number of alkyl halides is 3. The fraction of sp³-hybridized carbons (Fsp3) is 0.333. The lowest BCUT2D eigenvalue weighted by molar-refractivity contribution is -0.143. The predicted molar refractivity (Wildman–Crippen MR) is 70.3 cm³/mol. The van der Waals surface area contributed by atoms with E-state index >= 15 is 0 Å². The first-order valence-corrected chi connectivity index (χ1v) is 6.00. The van der Waals surface area contributed by atoms with Crippen molar-refractivity contribution in [1.82, 2.24) is 5.32 Å². The summed E-state index contributed by atoms with van der Waals surface area (Å²) in [4.78, 5) is 22.4. The fourth-order valence-corrected chi connectivity index (χ4v) is 1.54. The number of benzene rings is 1. The maximum absolute atomic E-state index is 12.7. The van der Waals surface area contributed by atoms with Gasteiger partial charge >= 0.3 is 18.2 Å². The first-order valence-electron chi connectivity index (χ1n) is 5.63. The molecule has 3 N–H and O–H groups in total. The largest absolute Gasteiger partial charge is 0.480 e. The van der Waals surface area contributed by atoms with Crippen molar-refractivity contribution in [2.75, 3.05) is 5.32 Å². The lowest BCUT2D eigenvalue weighted by atomic mass is 10.1. The smallest absolute Gasteiger partial charge is 0.417 e. The number of amides is 2. The van der Waals surface area contributed by atoms with Crippen LogP contribution in [-0.2, 0) is 11.0 Å². The van der Waals surface area contributed by atoms with E-state index in [1.807, 2.05) is 0 Å². The van der Waals surface area contributed by atoms with Crippen molar-refractivity contribution in [3.05, 3.63) is 28.8 Å². The summed E-state index contributed by atoms with van der Waals surface area (Å²) in [5, 5.41) is 12.6.